The number of carbonyl (C=O) groups excluding carboxylic acids is 1. The maximum atomic E-state index is 13.4. The third kappa shape index (κ3) is 4.19. The normalized spacial score (nSPS) is 13.9. The number of carbonyl (C=O) groups is 1. The zero-order valence-corrected chi connectivity index (χ0v) is 10.4. The highest BCUT2D eigenvalue weighted by molar-refractivity contribution is 5.75. The van der Waals surface area contributed by atoms with Gasteiger partial charge in [-0.15, -0.1) is 0 Å². The molecular formula is C12H14F3NO4. The summed E-state index contributed by atoms with van der Waals surface area (Å²) in [6.45, 7) is -0.742. The number of benzene rings is 1. The zero-order valence-electron chi connectivity index (χ0n) is 10.4. The Balaban J connectivity index is 2.72. The maximum absolute atomic E-state index is 13.4. The Labute approximate surface area is 112 Å². The molecule has 0 spiro atoms. The quantitative estimate of drug-likeness (QED) is 0.502. The highest BCUT2D eigenvalue weighted by Gasteiger charge is 2.26. The summed E-state index contributed by atoms with van der Waals surface area (Å²) in [5, 5.41) is 18.0. The predicted molar refractivity (Wildman–Crippen MR) is 62.0 cm³/mol. The summed E-state index contributed by atoms with van der Waals surface area (Å²) in [5.74, 6) is -4.72. The van der Waals surface area contributed by atoms with Crippen molar-refractivity contribution >= 4 is 5.97 Å². The molecule has 5 nitrogen and oxygen atoms in total. The van der Waals surface area contributed by atoms with Gasteiger partial charge >= 0.3 is 5.97 Å². The van der Waals surface area contributed by atoms with Crippen molar-refractivity contribution in [2.75, 3.05) is 13.2 Å². The molecule has 0 aromatic heterocycles. The number of halogens is 3. The largest absolute Gasteiger partial charge is 0.461 e. The van der Waals surface area contributed by atoms with Crippen molar-refractivity contribution in [1.82, 2.24) is 0 Å². The number of rotatable bonds is 6. The van der Waals surface area contributed by atoms with Crippen LogP contribution in [0.1, 0.15) is 5.56 Å². The van der Waals surface area contributed by atoms with E-state index in [0.717, 1.165) is 0 Å². The molecule has 4 N–H and O–H groups in total. The third-order valence-corrected chi connectivity index (χ3v) is 2.53. The van der Waals surface area contributed by atoms with Crippen molar-refractivity contribution in [3.63, 3.8) is 0 Å². The topological polar surface area (TPSA) is 92.8 Å². The summed E-state index contributed by atoms with van der Waals surface area (Å²) in [6, 6.07) is -0.301. The molecule has 0 fully saturated rings. The molecule has 2 atom stereocenters. The van der Waals surface area contributed by atoms with Crippen LogP contribution in [0.2, 0.25) is 0 Å². The lowest BCUT2D eigenvalue weighted by Gasteiger charge is -2.17. The summed E-state index contributed by atoms with van der Waals surface area (Å²) < 4.78 is 43.5. The highest BCUT2D eigenvalue weighted by Crippen LogP contribution is 2.16. The fourth-order valence-electron chi connectivity index (χ4n) is 1.49. The summed E-state index contributed by atoms with van der Waals surface area (Å²) in [7, 11) is 0. The van der Waals surface area contributed by atoms with E-state index < -0.39 is 48.6 Å². The molecule has 0 aliphatic rings. The molecule has 0 amide bonds. The van der Waals surface area contributed by atoms with Gasteiger partial charge in [0.2, 0.25) is 0 Å². The molecule has 0 bridgehead atoms. The second-order valence-corrected chi connectivity index (χ2v) is 4.06. The van der Waals surface area contributed by atoms with E-state index in [0.29, 0.717) is 12.1 Å². The van der Waals surface area contributed by atoms with Crippen LogP contribution in [0, 0.1) is 17.5 Å². The van der Waals surface area contributed by atoms with E-state index in [4.69, 9.17) is 10.8 Å². The standard InChI is InChI=1S/C12H14F3NO4/c13-7-5-9(15)8(14)3-6(7)4-10(16)11(18)12(19)20-2-1-17/h3,5,10-11,17-18H,1-2,4,16H2. The number of hydrogen-bond donors (Lipinski definition) is 3. The third-order valence-electron chi connectivity index (χ3n) is 2.53. The van der Waals surface area contributed by atoms with Crippen molar-refractivity contribution in [3.05, 3.63) is 35.1 Å². The fourth-order valence-corrected chi connectivity index (χ4v) is 1.49. The molecule has 112 valence electrons. The van der Waals surface area contributed by atoms with Crippen LogP contribution in [0.25, 0.3) is 0 Å². The second-order valence-electron chi connectivity index (χ2n) is 4.06. The zero-order chi connectivity index (χ0) is 15.3. The Morgan fingerprint density at radius 2 is 1.85 bits per heavy atom. The van der Waals surface area contributed by atoms with Crippen molar-refractivity contribution in [1.29, 1.82) is 0 Å². The van der Waals surface area contributed by atoms with Crippen molar-refractivity contribution in [2.45, 2.75) is 18.6 Å². The molecule has 1 rings (SSSR count). The lowest BCUT2D eigenvalue weighted by Crippen LogP contribution is -2.43. The Bertz CT molecular complexity index is 484. The first kappa shape index (κ1) is 16.4. The Hall–Kier alpha value is -1.64. The minimum Gasteiger partial charge on any atom is -0.461 e. The second kappa shape index (κ2) is 7.22. The van der Waals surface area contributed by atoms with Gasteiger partial charge in [-0.25, -0.2) is 18.0 Å². The number of nitrogens with two attached hydrogens (primary N) is 1. The first-order chi connectivity index (χ1) is 9.36. The van der Waals surface area contributed by atoms with Crippen LogP contribution in [0.15, 0.2) is 12.1 Å². The molecule has 1 aromatic carbocycles. The molecule has 2 unspecified atom stereocenters. The van der Waals surface area contributed by atoms with Gasteiger partial charge in [-0.3, -0.25) is 0 Å². The molecule has 20 heavy (non-hydrogen) atoms. The Morgan fingerprint density at radius 1 is 1.25 bits per heavy atom. The van der Waals surface area contributed by atoms with Gasteiger partial charge in [-0.05, 0) is 18.1 Å². The Kier molecular flexibility index (Phi) is 5.93. The lowest BCUT2D eigenvalue weighted by molar-refractivity contribution is -0.155. The first-order valence-electron chi connectivity index (χ1n) is 5.71. The van der Waals surface area contributed by atoms with Gasteiger partial charge in [0, 0.05) is 12.1 Å². The monoisotopic (exact) mass is 293 g/mol. The van der Waals surface area contributed by atoms with E-state index >= 15 is 0 Å². The van der Waals surface area contributed by atoms with Crippen LogP contribution < -0.4 is 5.73 Å². The average molecular weight is 293 g/mol. The van der Waals surface area contributed by atoms with Crippen LogP contribution in [0.4, 0.5) is 13.2 Å². The van der Waals surface area contributed by atoms with Crippen molar-refractivity contribution in [3.8, 4) is 0 Å². The van der Waals surface area contributed by atoms with Gasteiger partial charge in [0.25, 0.3) is 0 Å². The molecule has 8 heteroatoms. The molecule has 0 radical (unpaired) electrons. The van der Waals surface area contributed by atoms with Crippen LogP contribution >= 0.6 is 0 Å². The fraction of sp³-hybridized carbons (Fsp3) is 0.417. The first-order valence-corrected chi connectivity index (χ1v) is 5.71. The minimum atomic E-state index is -1.77. The van der Waals surface area contributed by atoms with E-state index in [1.807, 2.05) is 0 Å². The summed E-state index contributed by atoms with van der Waals surface area (Å²) >= 11 is 0. The smallest absolute Gasteiger partial charge is 0.336 e. The maximum Gasteiger partial charge on any atom is 0.336 e. The summed E-state index contributed by atoms with van der Waals surface area (Å²) in [4.78, 5) is 11.2. The lowest BCUT2D eigenvalue weighted by atomic mass is 10.0. The van der Waals surface area contributed by atoms with Crippen LogP contribution in [-0.4, -0.2) is 41.5 Å². The van der Waals surface area contributed by atoms with Gasteiger partial charge in [0.15, 0.2) is 17.7 Å². The number of hydrogen-bond acceptors (Lipinski definition) is 5. The Morgan fingerprint density at radius 3 is 2.45 bits per heavy atom. The van der Waals surface area contributed by atoms with E-state index in [2.05, 4.69) is 4.74 Å². The van der Waals surface area contributed by atoms with Crippen LogP contribution in [0.5, 0.6) is 0 Å². The van der Waals surface area contributed by atoms with Crippen molar-refractivity contribution in [2.24, 2.45) is 5.73 Å². The van der Waals surface area contributed by atoms with Crippen LogP contribution in [-0.2, 0) is 16.0 Å². The highest BCUT2D eigenvalue weighted by atomic mass is 19.2. The van der Waals surface area contributed by atoms with E-state index in [1.54, 1.807) is 0 Å². The summed E-state index contributed by atoms with van der Waals surface area (Å²) in [6.07, 6.45) is -2.16. The number of ether oxygens (including phenoxy) is 1. The SMILES string of the molecule is NC(Cc1cc(F)c(F)cc1F)C(O)C(=O)OCCO. The molecule has 0 aliphatic heterocycles. The molecule has 0 heterocycles. The van der Waals surface area contributed by atoms with E-state index in [9.17, 15) is 23.1 Å². The number of aliphatic hydroxyl groups is 2. The van der Waals surface area contributed by atoms with Gasteiger partial charge in [-0.2, -0.15) is 0 Å². The van der Waals surface area contributed by atoms with Gasteiger partial charge in [-0.1, -0.05) is 0 Å². The average Bonchev–Trinajstić information content (AvgIpc) is 2.41. The molecule has 0 saturated carbocycles. The molecular weight excluding hydrogens is 279 g/mol. The molecule has 1 aromatic rings. The van der Waals surface area contributed by atoms with Crippen LogP contribution in [0.3, 0.4) is 0 Å². The van der Waals surface area contributed by atoms with E-state index in [-0.39, 0.29) is 12.2 Å². The summed E-state index contributed by atoms with van der Waals surface area (Å²) in [5.41, 5.74) is 5.21. The number of esters is 1. The van der Waals surface area contributed by atoms with Gasteiger partial charge < -0.3 is 20.7 Å². The van der Waals surface area contributed by atoms with Gasteiger partial charge in [0.05, 0.1) is 6.61 Å². The molecule has 0 aliphatic carbocycles. The van der Waals surface area contributed by atoms with Crippen molar-refractivity contribution < 1.29 is 32.9 Å². The van der Waals surface area contributed by atoms with Gasteiger partial charge in [0.1, 0.15) is 12.4 Å². The predicted octanol–water partition coefficient (Wildman–Crippen LogP) is -0.130. The van der Waals surface area contributed by atoms with E-state index in [1.165, 1.54) is 0 Å². The molecule has 0 saturated heterocycles. The number of aliphatic hydroxyl groups excluding tert-OH is 2. The minimum absolute atomic E-state index is 0.273.